The van der Waals surface area contributed by atoms with E-state index in [0.29, 0.717) is 0 Å². The molecule has 1 aromatic carbocycles. The van der Waals surface area contributed by atoms with E-state index in [2.05, 4.69) is 5.32 Å². The summed E-state index contributed by atoms with van der Waals surface area (Å²) in [5.74, 6) is -0.919. The van der Waals surface area contributed by atoms with Crippen LogP contribution in [0.3, 0.4) is 0 Å². The van der Waals surface area contributed by atoms with Crippen LogP contribution in [0, 0.1) is 0 Å². The Kier molecular flexibility index (Phi) is 4.27. The number of rotatable bonds is 2. The number of carbonyl (C=O) groups excluding carboxylic acids is 1. The Morgan fingerprint density at radius 2 is 1.79 bits per heavy atom. The van der Waals surface area contributed by atoms with Crippen LogP contribution in [0.15, 0.2) is 18.2 Å². The zero-order valence-electron chi connectivity index (χ0n) is 10.8. The molecule has 1 aliphatic rings. The first-order valence-electron chi connectivity index (χ1n) is 6.67. The molecule has 0 heterocycles. The lowest BCUT2D eigenvalue weighted by atomic mass is 10.0. The van der Waals surface area contributed by atoms with Crippen molar-refractivity contribution in [3.05, 3.63) is 23.8 Å². The van der Waals surface area contributed by atoms with Crippen molar-refractivity contribution in [3.8, 4) is 11.5 Å². The van der Waals surface area contributed by atoms with Crippen LogP contribution in [0.1, 0.15) is 42.5 Å². The predicted octanol–water partition coefficient (Wildman–Crippen LogP) is 1.49. The Labute approximate surface area is 112 Å². The molecule has 1 fully saturated rings. The Balaban J connectivity index is 2.12. The molecule has 104 valence electrons. The molecule has 0 aromatic heterocycles. The number of benzene rings is 1. The second-order valence-electron chi connectivity index (χ2n) is 5.05. The Morgan fingerprint density at radius 1 is 1.16 bits per heavy atom. The molecule has 5 heteroatoms. The molecule has 0 bridgehead atoms. The minimum absolute atomic E-state index is 0.0700. The molecule has 2 unspecified atom stereocenters. The molecule has 0 radical (unpaired) electrons. The van der Waals surface area contributed by atoms with E-state index in [1.807, 2.05) is 0 Å². The van der Waals surface area contributed by atoms with Crippen LogP contribution in [0.5, 0.6) is 11.5 Å². The number of hydrogen-bond donors (Lipinski definition) is 4. The molecule has 0 saturated heterocycles. The van der Waals surface area contributed by atoms with Gasteiger partial charge in [0.1, 0.15) is 17.1 Å². The van der Waals surface area contributed by atoms with Gasteiger partial charge in [-0.15, -0.1) is 0 Å². The highest BCUT2D eigenvalue weighted by Gasteiger charge is 2.24. The third-order valence-corrected chi connectivity index (χ3v) is 3.63. The van der Waals surface area contributed by atoms with Gasteiger partial charge in [-0.1, -0.05) is 25.3 Å². The van der Waals surface area contributed by atoms with Crippen molar-refractivity contribution in [2.24, 2.45) is 5.73 Å². The van der Waals surface area contributed by atoms with Gasteiger partial charge in [0.25, 0.3) is 5.91 Å². The van der Waals surface area contributed by atoms with Gasteiger partial charge in [-0.3, -0.25) is 4.79 Å². The SMILES string of the molecule is NC1CCCCCC1NC(=O)c1c(O)cccc1O. The first-order chi connectivity index (χ1) is 9.09. The maximum atomic E-state index is 12.1. The normalized spacial score (nSPS) is 23.6. The number of phenolic OH excluding ortho intramolecular Hbond substituents is 2. The van der Waals surface area contributed by atoms with Crippen molar-refractivity contribution in [3.63, 3.8) is 0 Å². The molecule has 1 aliphatic carbocycles. The van der Waals surface area contributed by atoms with Crippen molar-refractivity contribution in [2.45, 2.75) is 44.2 Å². The lowest BCUT2D eigenvalue weighted by Crippen LogP contribution is -2.46. The summed E-state index contributed by atoms with van der Waals surface area (Å²) in [5, 5.41) is 22.1. The standard InChI is InChI=1S/C14H20N2O3/c15-9-5-2-1-3-6-10(9)16-14(19)13-11(17)7-4-8-12(13)18/h4,7-10,17-18H,1-3,5-6,15H2,(H,16,19). The van der Waals surface area contributed by atoms with Crippen molar-refractivity contribution in [2.75, 3.05) is 0 Å². The minimum Gasteiger partial charge on any atom is -0.507 e. The van der Waals surface area contributed by atoms with E-state index < -0.39 is 5.91 Å². The molecule has 5 N–H and O–H groups in total. The first-order valence-corrected chi connectivity index (χ1v) is 6.67. The van der Waals surface area contributed by atoms with Crippen molar-refractivity contribution < 1.29 is 15.0 Å². The van der Waals surface area contributed by atoms with Crippen molar-refractivity contribution >= 4 is 5.91 Å². The second kappa shape index (κ2) is 5.93. The van der Waals surface area contributed by atoms with E-state index in [1.165, 1.54) is 18.2 Å². The number of nitrogens with one attached hydrogen (secondary N) is 1. The minimum atomic E-state index is -0.474. The summed E-state index contributed by atoms with van der Waals surface area (Å²) in [4.78, 5) is 12.1. The van der Waals surface area contributed by atoms with Crippen LogP contribution in [0.4, 0.5) is 0 Å². The fraction of sp³-hybridized carbons (Fsp3) is 0.500. The molecule has 0 spiro atoms. The van der Waals surface area contributed by atoms with Gasteiger partial charge in [0.05, 0.1) is 0 Å². The summed E-state index contributed by atoms with van der Waals surface area (Å²) in [6.07, 6.45) is 4.96. The van der Waals surface area contributed by atoms with Gasteiger partial charge >= 0.3 is 0 Å². The fourth-order valence-corrected chi connectivity index (χ4v) is 2.52. The lowest BCUT2D eigenvalue weighted by molar-refractivity contribution is 0.0923. The third kappa shape index (κ3) is 3.17. The van der Waals surface area contributed by atoms with Gasteiger partial charge < -0.3 is 21.3 Å². The summed E-state index contributed by atoms with van der Waals surface area (Å²) < 4.78 is 0. The summed E-state index contributed by atoms with van der Waals surface area (Å²) >= 11 is 0. The van der Waals surface area contributed by atoms with Crippen LogP contribution in [-0.2, 0) is 0 Å². The van der Waals surface area contributed by atoms with E-state index >= 15 is 0 Å². The quantitative estimate of drug-likeness (QED) is 0.608. The summed E-state index contributed by atoms with van der Waals surface area (Å²) in [6, 6.07) is 4.07. The Hall–Kier alpha value is -1.75. The van der Waals surface area contributed by atoms with Gasteiger partial charge in [0, 0.05) is 12.1 Å². The number of hydrogen-bond acceptors (Lipinski definition) is 4. The molecule has 19 heavy (non-hydrogen) atoms. The Bertz CT molecular complexity index is 442. The third-order valence-electron chi connectivity index (χ3n) is 3.63. The van der Waals surface area contributed by atoms with Crippen LogP contribution in [0.2, 0.25) is 0 Å². The number of carbonyl (C=O) groups is 1. The monoisotopic (exact) mass is 264 g/mol. The number of amides is 1. The predicted molar refractivity (Wildman–Crippen MR) is 72.1 cm³/mol. The molecule has 1 amide bonds. The van der Waals surface area contributed by atoms with Gasteiger partial charge in [0.15, 0.2) is 0 Å². The summed E-state index contributed by atoms with van der Waals surface area (Å²) in [5.41, 5.74) is 5.96. The highest BCUT2D eigenvalue weighted by atomic mass is 16.3. The maximum Gasteiger partial charge on any atom is 0.259 e. The van der Waals surface area contributed by atoms with E-state index in [0.717, 1.165) is 32.1 Å². The molecule has 5 nitrogen and oxygen atoms in total. The van der Waals surface area contributed by atoms with Crippen LogP contribution in [0.25, 0.3) is 0 Å². The van der Waals surface area contributed by atoms with Crippen LogP contribution >= 0.6 is 0 Å². The zero-order chi connectivity index (χ0) is 13.8. The first kappa shape index (κ1) is 13.7. The van der Waals surface area contributed by atoms with Crippen LogP contribution in [-0.4, -0.2) is 28.2 Å². The van der Waals surface area contributed by atoms with Crippen LogP contribution < -0.4 is 11.1 Å². The molecule has 1 aromatic rings. The molecule has 0 aliphatic heterocycles. The van der Waals surface area contributed by atoms with E-state index in [-0.39, 0.29) is 29.1 Å². The van der Waals surface area contributed by atoms with Gasteiger partial charge in [-0.25, -0.2) is 0 Å². The molecule has 2 rings (SSSR count). The zero-order valence-corrected chi connectivity index (χ0v) is 10.8. The highest BCUT2D eigenvalue weighted by Crippen LogP contribution is 2.26. The highest BCUT2D eigenvalue weighted by molar-refractivity contribution is 5.99. The van der Waals surface area contributed by atoms with Crippen molar-refractivity contribution in [1.82, 2.24) is 5.32 Å². The van der Waals surface area contributed by atoms with Gasteiger partial charge in [-0.05, 0) is 25.0 Å². The van der Waals surface area contributed by atoms with E-state index in [1.54, 1.807) is 0 Å². The average molecular weight is 264 g/mol. The number of nitrogens with two attached hydrogens (primary N) is 1. The molecular formula is C14H20N2O3. The summed E-state index contributed by atoms with van der Waals surface area (Å²) in [7, 11) is 0. The number of phenols is 2. The lowest BCUT2D eigenvalue weighted by Gasteiger charge is -2.23. The summed E-state index contributed by atoms with van der Waals surface area (Å²) in [6.45, 7) is 0. The fourth-order valence-electron chi connectivity index (χ4n) is 2.52. The maximum absolute atomic E-state index is 12.1. The van der Waals surface area contributed by atoms with Crippen molar-refractivity contribution in [1.29, 1.82) is 0 Å². The van der Waals surface area contributed by atoms with Gasteiger partial charge in [-0.2, -0.15) is 0 Å². The van der Waals surface area contributed by atoms with E-state index in [4.69, 9.17) is 5.73 Å². The topological polar surface area (TPSA) is 95.6 Å². The Morgan fingerprint density at radius 3 is 2.47 bits per heavy atom. The second-order valence-corrected chi connectivity index (χ2v) is 5.05. The smallest absolute Gasteiger partial charge is 0.259 e. The van der Waals surface area contributed by atoms with E-state index in [9.17, 15) is 15.0 Å². The average Bonchev–Trinajstić information content (AvgIpc) is 2.55. The largest absolute Gasteiger partial charge is 0.507 e. The number of aromatic hydroxyl groups is 2. The molecule has 1 saturated carbocycles. The molecule has 2 atom stereocenters. The molecular weight excluding hydrogens is 244 g/mol. The van der Waals surface area contributed by atoms with Gasteiger partial charge in [0.2, 0.25) is 0 Å².